The molecule has 2 aromatic rings. The number of carbonyl (C=O) groups excluding carboxylic acids is 1. The number of hydrogen-bond acceptors (Lipinski definition) is 3. The largest absolute Gasteiger partial charge is 0.381 e. The van der Waals surface area contributed by atoms with Gasteiger partial charge in [0.05, 0.1) is 11.9 Å². The number of carbonyl (C=O) groups is 1. The molecule has 4 nitrogen and oxygen atoms in total. The zero-order chi connectivity index (χ0) is 16.1. The van der Waals surface area contributed by atoms with Gasteiger partial charge >= 0.3 is 0 Å². The van der Waals surface area contributed by atoms with E-state index in [2.05, 4.69) is 29.5 Å². The second-order valence-electron chi connectivity index (χ2n) is 5.00. The van der Waals surface area contributed by atoms with Crippen LogP contribution in [0, 0.1) is 0 Å². The Kier molecular flexibility index (Phi) is 5.63. The van der Waals surface area contributed by atoms with Crippen molar-refractivity contribution >= 4 is 40.5 Å². The highest BCUT2D eigenvalue weighted by molar-refractivity contribution is 6.35. The maximum Gasteiger partial charge on any atom is 0.274 e. The lowest BCUT2D eigenvalue weighted by molar-refractivity contribution is 0.102. The molecule has 6 heteroatoms. The third kappa shape index (κ3) is 4.61. The van der Waals surface area contributed by atoms with E-state index in [1.165, 1.54) is 0 Å². The Morgan fingerprint density at radius 3 is 2.41 bits per heavy atom. The van der Waals surface area contributed by atoms with Gasteiger partial charge in [-0.3, -0.25) is 4.79 Å². The van der Waals surface area contributed by atoms with Crippen LogP contribution in [-0.4, -0.2) is 16.9 Å². The minimum absolute atomic E-state index is 0.312. The van der Waals surface area contributed by atoms with Crippen LogP contribution in [0.1, 0.15) is 30.8 Å². The van der Waals surface area contributed by atoms with E-state index in [9.17, 15) is 4.79 Å². The summed E-state index contributed by atoms with van der Waals surface area (Å²) in [6.07, 6.45) is 2.66. The number of halogens is 2. The topological polar surface area (TPSA) is 54.0 Å². The summed E-state index contributed by atoms with van der Waals surface area (Å²) in [7, 11) is 0. The molecule has 1 heterocycles. The maximum absolute atomic E-state index is 12.1. The first-order valence-corrected chi connectivity index (χ1v) is 7.73. The molecule has 1 amide bonds. The summed E-state index contributed by atoms with van der Waals surface area (Å²) in [5.74, 6) is -0.312. The lowest BCUT2D eigenvalue weighted by Gasteiger charge is -2.12. The molecule has 0 aliphatic carbocycles. The van der Waals surface area contributed by atoms with Crippen molar-refractivity contribution in [2.45, 2.75) is 26.3 Å². The van der Waals surface area contributed by atoms with Crippen LogP contribution < -0.4 is 10.6 Å². The monoisotopic (exact) mass is 337 g/mol. The van der Waals surface area contributed by atoms with Gasteiger partial charge < -0.3 is 10.6 Å². The molecule has 0 aliphatic rings. The molecule has 116 valence electrons. The van der Waals surface area contributed by atoms with Crippen LogP contribution in [-0.2, 0) is 0 Å². The molecule has 0 radical (unpaired) electrons. The van der Waals surface area contributed by atoms with Crippen molar-refractivity contribution in [3.8, 4) is 0 Å². The normalized spacial score (nSPS) is 11.8. The molecule has 1 aromatic heterocycles. The summed E-state index contributed by atoms with van der Waals surface area (Å²) in [4.78, 5) is 16.3. The summed E-state index contributed by atoms with van der Waals surface area (Å²) < 4.78 is 0. The van der Waals surface area contributed by atoms with Crippen LogP contribution in [0.4, 0.5) is 11.4 Å². The van der Waals surface area contributed by atoms with Gasteiger partial charge in [-0.25, -0.2) is 4.98 Å². The molecule has 2 rings (SSSR count). The number of pyridine rings is 1. The summed E-state index contributed by atoms with van der Waals surface area (Å²) in [6.45, 7) is 4.19. The third-order valence-electron chi connectivity index (χ3n) is 3.14. The molecule has 0 saturated heterocycles. The quantitative estimate of drug-likeness (QED) is 0.819. The predicted molar refractivity (Wildman–Crippen MR) is 92.0 cm³/mol. The van der Waals surface area contributed by atoms with Crippen molar-refractivity contribution in [1.29, 1.82) is 0 Å². The van der Waals surface area contributed by atoms with E-state index >= 15 is 0 Å². The van der Waals surface area contributed by atoms with Gasteiger partial charge in [0.15, 0.2) is 0 Å². The van der Waals surface area contributed by atoms with Crippen molar-refractivity contribution in [3.63, 3.8) is 0 Å². The third-order valence-corrected chi connectivity index (χ3v) is 3.58. The van der Waals surface area contributed by atoms with Crippen LogP contribution in [0.5, 0.6) is 0 Å². The van der Waals surface area contributed by atoms with E-state index in [4.69, 9.17) is 23.2 Å². The number of rotatable bonds is 5. The van der Waals surface area contributed by atoms with Gasteiger partial charge in [-0.05, 0) is 43.7 Å². The maximum atomic E-state index is 12.1. The first-order chi connectivity index (χ1) is 10.5. The number of amides is 1. The van der Waals surface area contributed by atoms with Crippen molar-refractivity contribution in [3.05, 3.63) is 52.3 Å². The highest BCUT2D eigenvalue weighted by atomic mass is 35.5. The van der Waals surface area contributed by atoms with E-state index in [0.717, 1.165) is 12.1 Å². The molecule has 0 aliphatic heterocycles. The summed E-state index contributed by atoms with van der Waals surface area (Å²) in [5, 5.41) is 6.94. The Balaban J connectivity index is 2.06. The Morgan fingerprint density at radius 2 is 1.86 bits per heavy atom. The van der Waals surface area contributed by atoms with Crippen LogP contribution in [0.3, 0.4) is 0 Å². The fraction of sp³-hybridized carbons (Fsp3) is 0.250. The molecule has 0 spiro atoms. The van der Waals surface area contributed by atoms with Gasteiger partial charge in [0.2, 0.25) is 0 Å². The molecule has 1 unspecified atom stereocenters. The fourth-order valence-corrected chi connectivity index (χ4v) is 2.35. The van der Waals surface area contributed by atoms with E-state index in [1.807, 2.05) is 6.07 Å². The average molecular weight is 338 g/mol. The highest BCUT2D eigenvalue weighted by Crippen LogP contribution is 2.22. The first-order valence-electron chi connectivity index (χ1n) is 6.98. The smallest absolute Gasteiger partial charge is 0.274 e. The van der Waals surface area contributed by atoms with Gasteiger partial charge in [0.25, 0.3) is 5.91 Å². The molecule has 22 heavy (non-hydrogen) atoms. The van der Waals surface area contributed by atoms with Gasteiger partial charge in [0, 0.05) is 21.8 Å². The van der Waals surface area contributed by atoms with E-state index in [-0.39, 0.29) is 5.91 Å². The number of benzene rings is 1. The second kappa shape index (κ2) is 7.47. The van der Waals surface area contributed by atoms with Crippen molar-refractivity contribution < 1.29 is 4.79 Å². The van der Waals surface area contributed by atoms with Crippen molar-refractivity contribution in [1.82, 2.24) is 4.98 Å². The Hall–Kier alpha value is -1.78. The summed E-state index contributed by atoms with van der Waals surface area (Å²) in [5.41, 5.74) is 1.74. The van der Waals surface area contributed by atoms with Gasteiger partial charge in [-0.2, -0.15) is 0 Å². The molecule has 1 atom stereocenters. The number of hydrogen-bond donors (Lipinski definition) is 2. The second-order valence-corrected chi connectivity index (χ2v) is 5.87. The van der Waals surface area contributed by atoms with Crippen LogP contribution in [0.2, 0.25) is 10.0 Å². The zero-order valence-electron chi connectivity index (χ0n) is 12.4. The summed E-state index contributed by atoms with van der Waals surface area (Å²) in [6, 6.07) is 8.72. The van der Waals surface area contributed by atoms with E-state index in [1.54, 1.807) is 30.5 Å². The van der Waals surface area contributed by atoms with Gasteiger partial charge in [-0.1, -0.05) is 30.1 Å². The average Bonchev–Trinajstić information content (AvgIpc) is 2.46. The number of nitrogens with one attached hydrogen (secondary N) is 2. The Labute approximate surface area is 139 Å². The minimum Gasteiger partial charge on any atom is -0.381 e. The minimum atomic E-state index is -0.312. The lowest BCUT2D eigenvalue weighted by Crippen LogP contribution is -2.16. The number of aromatic nitrogens is 1. The number of anilines is 2. The van der Waals surface area contributed by atoms with Crippen molar-refractivity contribution in [2.24, 2.45) is 0 Å². The van der Waals surface area contributed by atoms with Gasteiger partial charge in [-0.15, -0.1) is 0 Å². The SMILES string of the molecule is CCC(C)Nc1ccc(C(=O)Nc2cc(Cl)cc(Cl)c2)nc1. The van der Waals surface area contributed by atoms with Crippen LogP contribution in [0.25, 0.3) is 0 Å². The Bertz CT molecular complexity index is 639. The van der Waals surface area contributed by atoms with Crippen molar-refractivity contribution in [2.75, 3.05) is 10.6 Å². The van der Waals surface area contributed by atoms with Crippen LogP contribution in [0.15, 0.2) is 36.5 Å². The molecule has 1 aromatic carbocycles. The Morgan fingerprint density at radius 1 is 1.18 bits per heavy atom. The molecule has 0 saturated carbocycles. The zero-order valence-corrected chi connectivity index (χ0v) is 13.9. The fourth-order valence-electron chi connectivity index (χ4n) is 1.82. The first kappa shape index (κ1) is 16.6. The predicted octanol–water partition coefficient (Wildman–Crippen LogP) is 4.85. The molecule has 0 bridgehead atoms. The highest BCUT2D eigenvalue weighted by Gasteiger charge is 2.09. The van der Waals surface area contributed by atoms with Gasteiger partial charge in [0.1, 0.15) is 5.69 Å². The molecular weight excluding hydrogens is 321 g/mol. The summed E-state index contributed by atoms with van der Waals surface area (Å²) >= 11 is 11.8. The molecule has 2 N–H and O–H groups in total. The van der Waals surface area contributed by atoms with E-state index in [0.29, 0.717) is 27.5 Å². The van der Waals surface area contributed by atoms with Crippen LogP contribution >= 0.6 is 23.2 Å². The van der Waals surface area contributed by atoms with E-state index < -0.39 is 0 Å². The lowest BCUT2D eigenvalue weighted by atomic mass is 10.2. The molecular formula is C16H17Cl2N3O. The molecule has 0 fully saturated rings. The number of nitrogens with zero attached hydrogens (tertiary/aromatic N) is 1. The standard InChI is InChI=1S/C16H17Cl2N3O/c1-3-10(2)20-13-4-5-15(19-9-13)16(22)21-14-7-11(17)6-12(18)8-14/h4-10,20H,3H2,1-2H3,(H,21,22).